The van der Waals surface area contributed by atoms with Crippen molar-refractivity contribution >= 4 is 21.9 Å². The third kappa shape index (κ3) is 3.50. The highest BCUT2D eigenvalue weighted by atomic mass is 79.9. The molecule has 1 fully saturated rings. The van der Waals surface area contributed by atoms with Crippen molar-refractivity contribution < 1.29 is 22.6 Å². The van der Waals surface area contributed by atoms with Crippen LogP contribution in [0.15, 0.2) is 29.0 Å². The molecule has 2 aromatic rings. The van der Waals surface area contributed by atoms with Gasteiger partial charge in [-0.1, -0.05) is 0 Å². The summed E-state index contributed by atoms with van der Waals surface area (Å²) in [7, 11) is 0. The maximum absolute atomic E-state index is 12.1. The Kier molecular flexibility index (Phi) is 3.96. The van der Waals surface area contributed by atoms with Crippen molar-refractivity contribution in [2.24, 2.45) is 0 Å². The zero-order valence-corrected chi connectivity index (χ0v) is 12.6. The van der Waals surface area contributed by atoms with E-state index >= 15 is 0 Å². The van der Waals surface area contributed by atoms with Gasteiger partial charge in [-0.05, 0) is 40.2 Å². The molecule has 3 rings (SSSR count). The predicted molar refractivity (Wildman–Crippen MR) is 73.7 cm³/mol. The van der Waals surface area contributed by atoms with Gasteiger partial charge in [-0.15, -0.1) is 18.3 Å². The van der Waals surface area contributed by atoms with E-state index in [-0.39, 0.29) is 12.0 Å². The van der Waals surface area contributed by atoms with Crippen LogP contribution in [-0.2, 0) is 4.74 Å². The minimum absolute atomic E-state index is 0.136. The fourth-order valence-corrected chi connectivity index (χ4v) is 2.17. The molecular formula is C12H10BrF3N4O2. The number of nitrogens with zero attached hydrogens (tertiary/aromatic N) is 3. The van der Waals surface area contributed by atoms with Crippen molar-refractivity contribution in [1.29, 1.82) is 0 Å². The summed E-state index contributed by atoms with van der Waals surface area (Å²) in [5, 5.41) is 7.18. The molecule has 0 bridgehead atoms. The molecule has 1 N–H and O–H groups in total. The third-order valence-corrected chi connectivity index (χ3v) is 3.22. The number of alkyl halides is 3. The molecule has 6 nitrogen and oxygen atoms in total. The molecule has 0 aliphatic carbocycles. The number of anilines is 1. The van der Waals surface area contributed by atoms with E-state index in [4.69, 9.17) is 4.74 Å². The Morgan fingerprint density at radius 2 is 2.00 bits per heavy atom. The monoisotopic (exact) mass is 378 g/mol. The molecule has 1 aromatic carbocycles. The Labute approximate surface area is 131 Å². The predicted octanol–water partition coefficient (Wildman–Crippen LogP) is 3.09. The first-order valence-corrected chi connectivity index (χ1v) is 7.07. The lowest BCUT2D eigenvalue weighted by atomic mass is 10.3. The first-order chi connectivity index (χ1) is 10.4. The lowest BCUT2D eigenvalue weighted by Gasteiger charge is -2.27. The van der Waals surface area contributed by atoms with E-state index in [2.05, 4.69) is 36.1 Å². The van der Waals surface area contributed by atoms with Crippen LogP contribution in [0.1, 0.15) is 6.42 Å². The van der Waals surface area contributed by atoms with Gasteiger partial charge in [0.25, 0.3) is 0 Å². The second-order valence-corrected chi connectivity index (χ2v) is 5.16. The van der Waals surface area contributed by atoms with Crippen molar-refractivity contribution in [3.63, 3.8) is 0 Å². The molecule has 1 aliphatic rings. The average molecular weight is 379 g/mol. The van der Waals surface area contributed by atoms with Crippen molar-refractivity contribution in [3.05, 3.63) is 29.0 Å². The maximum Gasteiger partial charge on any atom is 0.573 e. The van der Waals surface area contributed by atoms with Crippen molar-refractivity contribution in [2.75, 3.05) is 11.9 Å². The first-order valence-electron chi connectivity index (χ1n) is 6.27. The average Bonchev–Trinajstić information content (AvgIpc) is 2.74. The minimum Gasteiger partial charge on any atom is -0.406 e. The van der Waals surface area contributed by atoms with Crippen LogP contribution in [0.2, 0.25) is 0 Å². The largest absolute Gasteiger partial charge is 0.573 e. The van der Waals surface area contributed by atoms with E-state index in [1.807, 2.05) is 0 Å². The molecule has 1 unspecified atom stereocenters. The van der Waals surface area contributed by atoms with Crippen LogP contribution < -0.4 is 10.1 Å². The summed E-state index contributed by atoms with van der Waals surface area (Å²) in [6.45, 7) is 0.677. The highest BCUT2D eigenvalue weighted by Crippen LogP contribution is 2.25. The molecule has 10 heteroatoms. The Morgan fingerprint density at radius 3 is 2.55 bits per heavy atom. The number of nitrogens with one attached hydrogen (secondary N) is 1. The van der Waals surface area contributed by atoms with Crippen LogP contribution >= 0.6 is 15.9 Å². The second-order valence-electron chi connectivity index (χ2n) is 4.45. The van der Waals surface area contributed by atoms with E-state index in [1.165, 1.54) is 28.9 Å². The number of hydrogen-bond donors (Lipinski definition) is 1. The Morgan fingerprint density at radius 1 is 1.32 bits per heavy atom. The van der Waals surface area contributed by atoms with E-state index in [1.54, 1.807) is 0 Å². The molecule has 1 aliphatic heterocycles. The summed E-state index contributed by atoms with van der Waals surface area (Å²) in [5.74, 6) is 0.133. The number of rotatable bonds is 4. The standard InChI is InChI=1S/C12H10BrF3N4O2/c13-10-18-11(17-9-5-6-21-9)20(19-10)7-1-3-8(4-2-7)22-12(14,15)16/h1-4,9H,5-6H2,(H,17,18,19). The lowest BCUT2D eigenvalue weighted by molar-refractivity contribution is -0.274. The SMILES string of the molecule is FC(F)(F)Oc1ccc(-n2nc(Br)nc2NC2CCO2)cc1. The van der Waals surface area contributed by atoms with Gasteiger partial charge < -0.3 is 14.8 Å². The van der Waals surface area contributed by atoms with Crippen LogP contribution in [0, 0.1) is 0 Å². The number of halogens is 4. The number of hydrogen-bond acceptors (Lipinski definition) is 5. The number of ether oxygens (including phenoxy) is 2. The second kappa shape index (κ2) is 5.76. The van der Waals surface area contributed by atoms with Gasteiger partial charge in [-0.25, -0.2) is 0 Å². The molecule has 1 atom stereocenters. The fraction of sp³-hybridized carbons (Fsp3) is 0.333. The summed E-state index contributed by atoms with van der Waals surface area (Å²) in [4.78, 5) is 4.16. The smallest absolute Gasteiger partial charge is 0.406 e. The quantitative estimate of drug-likeness (QED) is 0.885. The zero-order chi connectivity index (χ0) is 15.7. The molecule has 22 heavy (non-hydrogen) atoms. The van der Waals surface area contributed by atoms with Gasteiger partial charge in [0, 0.05) is 6.42 Å². The first kappa shape index (κ1) is 15.1. The fourth-order valence-electron chi connectivity index (χ4n) is 1.84. The minimum atomic E-state index is -4.72. The van der Waals surface area contributed by atoms with E-state index in [9.17, 15) is 13.2 Å². The van der Waals surface area contributed by atoms with Crippen LogP contribution in [0.5, 0.6) is 5.75 Å². The summed E-state index contributed by atoms with van der Waals surface area (Å²) in [6.07, 6.45) is -4.00. The van der Waals surface area contributed by atoms with Crippen molar-refractivity contribution in [2.45, 2.75) is 19.0 Å². The maximum atomic E-state index is 12.1. The highest BCUT2D eigenvalue weighted by Gasteiger charge is 2.31. The van der Waals surface area contributed by atoms with Gasteiger partial charge in [0.2, 0.25) is 10.7 Å². The van der Waals surface area contributed by atoms with Crippen LogP contribution in [-0.4, -0.2) is 34.0 Å². The van der Waals surface area contributed by atoms with Crippen LogP contribution in [0.25, 0.3) is 5.69 Å². The molecule has 2 heterocycles. The van der Waals surface area contributed by atoms with E-state index in [0.717, 1.165) is 6.42 Å². The van der Waals surface area contributed by atoms with Gasteiger partial charge in [0.1, 0.15) is 12.0 Å². The molecule has 0 amide bonds. The summed E-state index contributed by atoms with van der Waals surface area (Å²) in [6, 6.07) is 5.33. The normalized spacial score (nSPS) is 17.9. The zero-order valence-electron chi connectivity index (χ0n) is 11.0. The van der Waals surface area contributed by atoms with E-state index < -0.39 is 6.36 Å². The Balaban J connectivity index is 1.81. The molecule has 1 aromatic heterocycles. The molecule has 0 radical (unpaired) electrons. The topological polar surface area (TPSA) is 61.2 Å². The van der Waals surface area contributed by atoms with Crippen molar-refractivity contribution in [1.82, 2.24) is 14.8 Å². The third-order valence-electron chi connectivity index (χ3n) is 2.89. The highest BCUT2D eigenvalue weighted by molar-refractivity contribution is 9.10. The summed E-state index contributed by atoms with van der Waals surface area (Å²) in [5.41, 5.74) is 0.537. The lowest BCUT2D eigenvalue weighted by Crippen LogP contribution is -2.35. The number of aromatic nitrogens is 3. The summed E-state index contributed by atoms with van der Waals surface area (Å²) < 4.78 is 47.3. The van der Waals surface area contributed by atoms with Crippen LogP contribution in [0.4, 0.5) is 19.1 Å². The van der Waals surface area contributed by atoms with Crippen molar-refractivity contribution in [3.8, 4) is 11.4 Å². The molecular weight excluding hydrogens is 369 g/mol. The van der Waals surface area contributed by atoms with Gasteiger partial charge in [0.15, 0.2) is 0 Å². The Bertz CT molecular complexity index is 655. The summed E-state index contributed by atoms with van der Waals surface area (Å²) >= 11 is 3.17. The molecule has 0 spiro atoms. The molecule has 0 saturated carbocycles. The van der Waals surface area contributed by atoms with E-state index in [0.29, 0.717) is 23.0 Å². The van der Waals surface area contributed by atoms with Gasteiger partial charge in [0.05, 0.1) is 12.3 Å². The number of benzene rings is 1. The molecule has 1 saturated heterocycles. The van der Waals surface area contributed by atoms with Gasteiger partial charge >= 0.3 is 6.36 Å². The van der Waals surface area contributed by atoms with Gasteiger partial charge in [-0.2, -0.15) is 9.67 Å². The molecule has 118 valence electrons. The van der Waals surface area contributed by atoms with Crippen LogP contribution in [0.3, 0.4) is 0 Å². The Hall–Kier alpha value is -1.81. The van der Waals surface area contributed by atoms with Gasteiger partial charge in [-0.3, -0.25) is 0 Å².